The van der Waals surface area contributed by atoms with Crippen LogP contribution in [0.3, 0.4) is 0 Å². The molecule has 3 N–H and O–H groups in total. The van der Waals surface area contributed by atoms with Crippen LogP contribution in [0.2, 0.25) is 0 Å². The summed E-state index contributed by atoms with van der Waals surface area (Å²) in [6, 6.07) is 9.10. The van der Waals surface area contributed by atoms with E-state index in [1.54, 1.807) is 12.1 Å². The van der Waals surface area contributed by atoms with E-state index in [0.29, 0.717) is 0 Å². The Hall–Kier alpha value is -2.57. The summed E-state index contributed by atoms with van der Waals surface area (Å²) in [5.41, 5.74) is 5.05. The third-order valence-electron chi connectivity index (χ3n) is 2.31. The number of ether oxygens (including phenoxy) is 1. The molecular weight excluding hydrogens is 264 g/mol. The zero-order valence-electron chi connectivity index (χ0n) is 10.8. The Kier molecular flexibility index (Phi) is 6.60. The third-order valence-corrected chi connectivity index (χ3v) is 2.31. The Labute approximate surface area is 115 Å². The van der Waals surface area contributed by atoms with Crippen molar-refractivity contribution in [3.8, 4) is 0 Å². The van der Waals surface area contributed by atoms with Crippen molar-refractivity contribution in [1.29, 1.82) is 0 Å². The zero-order valence-corrected chi connectivity index (χ0v) is 10.8. The maximum Gasteiger partial charge on any atom is 0.426 e. The summed E-state index contributed by atoms with van der Waals surface area (Å²) in [4.78, 5) is 32.7. The molecule has 7 nitrogen and oxygen atoms in total. The number of hydrogen-bond donors (Lipinski definition) is 3. The van der Waals surface area contributed by atoms with Crippen LogP contribution in [0, 0.1) is 0 Å². The molecule has 0 aliphatic heterocycles. The summed E-state index contributed by atoms with van der Waals surface area (Å²) in [7, 11) is 0. The first-order valence-electron chi connectivity index (χ1n) is 6.05. The van der Waals surface area contributed by atoms with Crippen molar-refractivity contribution in [2.45, 2.75) is 25.9 Å². The van der Waals surface area contributed by atoms with Gasteiger partial charge >= 0.3 is 12.1 Å². The van der Waals surface area contributed by atoms with Crippen LogP contribution in [-0.2, 0) is 20.9 Å². The van der Waals surface area contributed by atoms with Crippen LogP contribution in [0.4, 0.5) is 4.79 Å². The highest BCUT2D eigenvalue weighted by Crippen LogP contribution is 2.00. The van der Waals surface area contributed by atoms with Crippen LogP contribution in [0.15, 0.2) is 30.3 Å². The van der Waals surface area contributed by atoms with Gasteiger partial charge in [-0.25, -0.2) is 10.2 Å². The second-order valence-electron chi connectivity index (χ2n) is 3.98. The van der Waals surface area contributed by atoms with E-state index in [9.17, 15) is 14.4 Å². The third kappa shape index (κ3) is 7.00. The molecule has 0 bridgehead atoms. The van der Waals surface area contributed by atoms with Crippen molar-refractivity contribution < 1.29 is 24.2 Å². The van der Waals surface area contributed by atoms with Gasteiger partial charge in [-0.3, -0.25) is 15.0 Å². The van der Waals surface area contributed by atoms with Crippen LogP contribution in [0.25, 0.3) is 0 Å². The fourth-order valence-electron chi connectivity index (χ4n) is 1.34. The summed E-state index contributed by atoms with van der Waals surface area (Å²) >= 11 is 0. The molecule has 0 fully saturated rings. The fourth-order valence-corrected chi connectivity index (χ4v) is 1.34. The summed E-state index contributed by atoms with van der Waals surface area (Å²) in [6.07, 6.45) is -0.639. The first-order chi connectivity index (χ1) is 9.58. The van der Waals surface area contributed by atoms with Crippen LogP contribution >= 0.6 is 0 Å². The van der Waals surface area contributed by atoms with Crippen molar-refractivity contribution >= 4 is 18.0 Å². The zero-order chi connectivity index (χ0) is 14.8. The number of carbonyl (C=O) groups is 3. The van der Waals surface area contributed by atoms with E-state index in [2.05, 4.69) is 10.9 Å². The molecule has 0 aliphatic carbocycles. The van der Waals surface area contributed by atoms with Crippen molar-refractivity contribution in [3.05, 3.63) is 35.9 Å². The molecular formula is C13H16N2O5. The van der Waals surface area contributed by atoms with Gasteiger partial charge in [-0.2, -0.15) is 0 Å². The molecule has 0 spiro atoms. The van der Waals surface area contributed by atoms with E-state index in [1.807, 2.05) is 18.2 Å². The number of carboxylic acids is 1. The van der Waals surface area contributed by atoms with E-state index in [4.69, 9.17) is 9.84 Å². The van der Waals surface area contributed by atoms with E-state index in [-0.39, 0.29) is 25.9 Å². The lowest BCUT2D eigenvalue weighted by atomic mass is 10.2. The topological polar surface area (TPSA) is 105 Å². The number of carboxylic acid groups (broad SMARTS) is 1. The molecule has 1 rings (SSSR count). The average Bonchev–Trinajstić information content (AvgIpc) is 2.43. The van der Waals surface area contributed by atoms with Crippen LogP contribution in [0.5, 0.6) is 0 Å². The standard InChI is InChI=1S/C13H16N2O5/c16-11(7-4-8-12(17)18)14-15-13(19)20-9-10-5-2-1-3-6-10/h1-3,5-6H,4,7-9H2,(H,14,16)(H,15,19)(H,17,18). The first-order valence-corrected chi connectivity index (χ1v) is 6.05. The molecule has 1 aromatic carbocycles. The molecule has 0 saturated carbocycles. The van der Waals surface area contributed by atoms with Gasteiger partial charge in [-0.05, 0) is 12.0 Å². The van der Waals surface area contributed by atoms with E-state index in [1.165, 1.54) is 0 Å². The molecule has 1 aromatic rings. The highest BCUT2D eigenvalue weighted by molar-refractivity contribution is 5.79. The number of rotatable bonds is 6. The van der Waals surface area contributed by atoms with Gasteiger partial charge in [0.15, 0.2) is 0 Å². The van der Waals surface area contributed by atoms with Gasteiger partial charge in [-0.1, -0.05) is 30.3 Å². The predicted molar refractivity (Wildman–Crippen MR) is 69.4 cm³/mol. The minimum Gasteiger partial charge on any atom is -0.481 e. The Morgan fingerprint density at radius 2 is 1.75 bits per heavy atom. The number of nitrogens with one attached hydrogen (secondary N) is 2. The molecule has 108 valence electrons. The summed E-state index contributed by atoms with van der Waals surface area (Å²) < 4.78 is 4.86. The summed E-state index contributed by atoms with van der Waals surface area (Å²) in [5, 5.41) is 8.40. The highest BCUT2D eigenvalue weighted by Gasteiger charge is 2.06. The van der Waals surface area contributed by atoms with E-state index >= 15 is 0 Å². The van der Waals surface area contributed by atoms with Gasteiger partial charge in [0.25, 0.3) is 0 Å². The Bertz CT molecular complexity index is 461. The SMILES string of the molecule is O=C(O)CCCC(=O)NNC(=O)OCc1ccccc1. The molecule has 0 unspecified atom stereocenters. The van der Waals surface area contributed by atoms with Crippen LogP contribution in [-0.4, -0.2) is 23.1 Å². The maximum absolute atomic E-state index is 11.3. The second kappa shape index (κ2) is 8.52. The highest BCUT2D eigenvalue weighted by atomic mass is 16.6. The lowest BCUT2D eigenvalue weighted by Crippen LogP contribution is -2.41. The fraction of sp³-hybridized carbons (Fsp3) is 0.308. The summed E-state index contributed by atoms with van der Waals surface area (Å²) in [6.45, 7) is 0.0988. The Morgan fingerprint density at radius 1 is 1.05 bits per heavy atom. The van der Waals surface area contributed by atoms with Gasteiger partial charge in [0.2, 0.25) is 5.91 Å². The van der Waals surface area contributed by atoms with Crippen LogP contribution in [0.1, 0.15) is 24.8 Å². The molecule has 0 aromatic heterocycles. The lowest BCUT2D eigenvalue weighted by Gasteiger charge is -2.08. The van der Waals surface area contributed by atoms with Gasteiger partial charge < -0.3 is 9.84 Å². The molecule has 20 heavy (non-hydrogen) atoms. The maximum atomic E-state index is 11.3. The van der Waals surface area contributed by atoms with Crippen molar-refractivity contribution in [2.24, 2.45) is 0 Å². The minimum atomic E-state index is -0.965. The van der Waals surface area contributed by atoms with Crippen molar-refractivity contribution in [2.75, 3.05) is 0 Å². The normalized spacial score (nSPS) is 9.60. The molecule has 0 saturated heterocycles. The lowest BCUT2D eigenvalue weighted by molar-refractivity contribution is -0.137. The first kappa shape index (κ1) is 15.5. The van der Waals surface area contributed by atoms with Gasteiger partial charge in [0, 0.05) is 12.8 Å². The van der Waals surface area contributed by atoms with Crippen LogP contribution < -0.4 is 10.9 Å². The monoisotopic (exact) mass is 280 g/mol. The van der Waals surface area contributed by atoms with E-state index < -0.39 is 18.0 Å². The van der Waals surface area contributed by atoms with Gasteiger partial charge in [0.1, 0.15) is 6.61 Å². The quantitative estimate of drug-likeness (QED) is 0.679. The molecule has 2 amide bonds. The van der Waals surface area contributed by atoms with Crippen molar-refractivity contribution in [3.63, 3.8) is 0 Å². The molecule has 7 heteroatoms. The summed E-state index contributed by atoms with van der Waals surface area (Å²) in [5.74, 6) is -1.43. The van der Waals surface area contributed by atoms with Gasteiger partial charge in [0.05, 0.1) is 0 Å². The molecule has 0 aliphatic rings. The minimum absolute atomic E-state index is 0.0191. The number of hydrazine groups is 1. The Morgan fingerprint density at radius 3 is 2.40 bits per heavy atom. The number of aliphatic carboxylic acids is 1. The molecule has 0 atom stereocenters. The van der Waals surface area contributed by atoms with Crippen molar-refractivity contribution in [1.82, 2.24) is 10.9 Å². The number of hydrogen-bond acceptors (Lipinski definition) is 4. The largest absolute Gasteiger partial charge is 0.481 e. The second-order valence-corrected chi connectivity index (χ2v) is 3.98. The number of amides is 2. The smallest absolute Gasteiger partial charge is 0.426 e. The van der Waals surface area contributed by atoms with E-state index in [0.717, 1.165) is 5.56 Å². The Balaban J connectivity index is 2.13. The predicted octanol–water partition coefficient (Wildman–Crippen LogP) is 1.20. The average molecular weight is 280 g/mol. The number of carbonyl (C=O) groups excluding carboxylic acids is 2. The number of benzene rings is 1. The molecule has 0 heterocycles. The molecule has 0 radical (unpaired) electrons. The van der Waals surface area contributed by atoms with Gasteiger partial charge in [-0.15, -0.1) is 0 Å².